The summed E-state index contributed by atoms with van der Waals surface area (Å²) in [6.07, 6.45) is -3.72. The first-order chi connectivity index (χ1) is 14.9. The van der Waals surface area contributed by atoms with Gasteiger partial charge < -0.3 is 4.90 Å². The Bertz CT molecular complexity index is 1060. The lowest BCUT2D eigenvalue weighted by atomic mass is 10.1. The van der Waals surface area contributed by atoms with Gasteiger partial charge in [0, 0.05) is 49.8 Å². The molecule has 1 fully saturated rings. The Kier molecular flexibility index (Phi) is 6.20. The van der Waals surface area contributed by atoms with Crippen molar-refractivity contribution >= 4 is 16.7 Å². The van der Waals surface area contributed by atoms with E-state index in [2.05, 4.69) is 25.2 Å². The number of nitrogens with zero attached hydrogens (tertiary/aromatic N) is 5. The van der Waals surface area contributed by atoms with Gasteiger partial charge in [0.2, 0.25) is 5.13 Å². The number of piperazine rings is 1. The standard InChI is InChI=1S/C22H20F3N5S/c23-22(24,25)19-3-1-2-16(14-19)8-9-29-10-12-30(13-11-29)21-27-20(28-31-21)18-6-4-17(15-26)5-7-18/h1-7,14H,8-13H2. The summed E-state index contributed by atoms with van der Waals surface area (Å²) >= 11 is 1.35. The van der Waals surface area contributed by atoms with Crippen LogP contribution >= 0.6 is 11.5 Å². The molecule has 0 saturated carbocycles. The van der Waals surface area contributed by atoms with Crippen LogP contribution in [0.25, 0.3) is 11.4 Å². The van der Waals surface area contributed by atoms with Gasteiger partial charge in [0.05, 0.1) is 17.2 Å². The largest absolute Gasteiger partial charge is 0.416 e. The van der Waals surface area contributed by atoms with Gasteiger partial charge in [0.1, 0.15) is 0 Å². The number of alkyl halides is 3. The summed E-state index contributed by atoms with van der Waals surface area (Å²) < 4.78 is 43.1. The number of hydrogen-bond acceptors (Lipinski definition) is 6. The molecule has 1 aliphatic rings. The number of halogens is 3. The lowest BCUT2D eigenvalue weighted by Gasteiger charge is -2.34. The average molecular weight is 443 g/mol. The molecular formula is C22H20F3N5S. The van der Waals surface area contributed by atoms with Crippen molar-refractivity contribution < 1.29 is 13.2 Å². The van der Waals surface area contributed by atoms with Gasteiger partial charge in [-0.05, 0) is 42.3 Å². The number of anilines is 1. The minimum Gasteiger partial charge on any atom is -0.344 e. The van der Waals surface area contributed by atoms with Gasteiger partial charge in [-0.25, -0.2) is 0 Å². The van der Waals surface area contributed by atoms with Crippen molar-refractivity contribution in [2.45, 2.75) is 12.6 Å². The Morgan fingerprint density at radius 2 is 1.77 bits per heavy atom. The maximum atomic E-state index is 12.9. The van der Waals surface area contributed by atoms with Crippen LogP contribution in [0.5, 0.6) is 0 Å². The number of hydrogen-bond donors (Lipinski definition) is 0. The highest BCUT2D eigenvalue weighted by Crippen LogP contribution is 2.30. The van der Waals surface area contributed by atoms with Gasteiger partial charge in [-0.15, -0.1) is 0 Å². The van der Waals surface area contributed by atoms with Gasteiger partial charge in [0.15, 0.2) is 5.82 Å². The monoisotopic (exact) mass is 443 g/mol. The van der Waals surface area contributed by atoms with Crippen molar-refractivity contribution in [3.05, 3.63) is 65.2 Å². The first kappa shape index (κ1) is 21.3. The van der Waals surface area contributed by atoms with E-state index in [0.717, 1.165) is 49.5 Å². The molecule has 31 heavy (non-hydrogen) atoms. The molecule has 0 spiro atoms. The quantitative estimate of drug-likeness (QED) is 0.583. The molecule has 5 nitrogen and oxygen atoms in total. The van der Waals surface area contributed by atoms with E-state index in [0.29, 0.717) is 23.4 Å². The molecule has 0 bridgehead atoms. The number of benzene rings is 2. The molecule has 3 aromatic rings. The minimum atomic E-state index is -4.31. The van der Waals surface area contributed by atoms with E-state index < -0.39 is 11.7 Å². The van der Waals surface area contributed by atoms with Crippen LogP contribution in [-0.2, 0) is 12.6 Å². The van der Waals surface area contributed by atoms with Crippen molar-refractivity contribution in [1.82, 2.24) is 14.3 Å². The molecule has 160 valence electrons. The smallest absolute Gasteiger partial charge is 0.344 e. The summed E-state index contributed by atoms with van der Waals surface area (Å²) in [7, 11) is 0. The predicted octanol–water partition coefficient (Wildman–Crippen LogP) is 4.46. The minimum absolute atomic E-state index is 0.589. The van der Waals surface area contributed by atoms with E-state index in [9.17, 15) is 13.2 Å². The fourth-order valence-corrected chi connectivity index (χ4v) is 4.25. The molecule has 1 aliphatic heterocycles. The Morgan fingerprint density at radius 1 is 1.03 bits per heavy atom. The molecular weight excluding hydrogens is 423 g/mol. The van der Waals surface area contributed by atoms with Crippen molar-refractivity contribution in [2.24, 2.45) is 0 Å². The van der Waals surface area contributed by atoms with Gasteiger partial charge in [-0.2, -0.15) is 27.8 Å². The summed E-state index contributed by atoms with van der Waals surface area (Å²) in [5, 5.41) is 9.77. The molecule has 4 rings (SSSR count). The van der Waals surface area contributed by atoms with Crippen LogP contribution in [0.4, 0.5) is 18.3 Å². The second-order valence-corrected chi connectivity index (χ2v) is 8.10. The number of rotatable bonds is 5. The maximum Gasteiger partial charge on any atom is 0.416 e. The molecule has 2 aromatic carbocycles. The highest BCUT2D eigenvalue weighted by Gasteiger charge is 2.30. The van der Waals surface area contributed by atoms with Crippen LogP contribution in [0, 0.1) is 11.3 Å². The zero-order chi connectivity index (χ0) is 21.8. The van der Waals surface area contributed by atoms with E-state index in [-0.39, 0.29) is 0 Å². The normalized spacial score (nSPS) is 15.1. The Morgan fingerprint density at radius 3 is 2.45 bits per heavy atom. The summed E-state index contributed by atoms with van der Waals surface area (Å²) in [4.78, 5) is 9.09. The number of aromatic nitrogens is 2. The molecule has 0 aliphatic carbocycles. The average Bonchev–Trinajstić information content (AvgIpc) is 3.28. The van der Waals surface area contributed by atoms with Crippen LogP contribution in [-0.4, -0.2) is 47.0 Å². The molecule has 2 heterocycles. The predicted molar refractivity (Wildman–Crippen MR) is 114 cm³/mol. The van der Waals surface area contributed by atoms with Crippen LogP contribution in [0.3, 0.4) is 0 Å². The zero-order valence-corrected chi connectivity index (χ0v) is 17.5. The topological polar surface area (TPSA) is 56.1 Å². The van der Waals surface area contributed by atoms with Gasteiger partial charge in [-0.3, -0.25) is 4.90 Å². The maximum absolute atomic E-state index is 12.9. The summed E-state index contributed by atoms with van der Waals surface area (Å²) in [6.45, 7) is 3.96. The lowest BCUT2D eigenvalue weighted by Crippen LogP contribution is -2.47. The summed E-state index contributed by atoms with van der Waals surface area (Å²) in [5.74, 6) is 0.650. The Balaban J connectivity index is 1.30. The van der Waals surface area contributed by atoms with Crippen LogP contribution < -0.4 is 4.90 Å². The van der Waals surface area contributed by atoms with E-state index in [4.69, 9.17) is 5.26 Å². The van der Waals surface area contributed by atoms with Gasteiger partial charge >= 0.3 is 6.18 Å². The molecule has 0 amide bonds. The first-order valence-electron chi connectivity index (χ1n) is 9.90. The van der Waals surface area contributed by atoms with Gasteiger partial charge in [0.25, 0.3) is 0 Å². The summed E-state index contributed by atoms with van der Waals surface area (Å²) in [5.41, 5.74) is 1.58. The molecule has 0 unspecified atom stereocenters. The second-order valence-electron chi connectivity index (χ2n) is 7.37. The van der Waals surface area contributed by atoms with Crippen molar-refractivity contribution in [1.29, 1.82) is 5.26 Å². The highest BCUT2D eigenvalue weighted by molar-refractivity contribution is 7.09. The molecule has 1 saturated heterocycles. The molecule has 0 atom stereocenters. The van der Waals surface area contributed by atoms with Crippen LogP contribution in [0.2, 0.25) is 0 Å². The van der Waals surface area contributed by atoms with E-state index in [1.165, 1.54) is 23.7 Å². The Hall–Kier alpha value is -2.96. The third kappa shape index (κ3) is 5.21. The van der Waals surface area contributed by atoms with E-state index in [1.54, 1.807) is 18.2 Å². The highest BCUT2D eigenvalue weighted by atomic mass is 32.1. The summed E-state index contributed by atoms with van der Waals surface area (Å²) in [6, 6.07) is 14.8. The fourth-order valence-electron chi connectivity index (χ4n) is 3.51. The van der Waals surface area contributed by atoms with E-state index >= 15 is 0 Å². The zero-order valence-electron chi connectivity index (χ0n) is 16.6. The van der Waals surface area contributed by atoms with Crippen LogP contribution in [0.15, 0.2) is 48.5 Å². The van der Waals surface area contributed by atoms with Crippen LogP contribution in [0.1, 0.15) is 16.7 Å². The molecule has 0 N–H and O–H groups in total. The second kappa shape index (κ2) is 9.04. The van der Waals surface area contributed by atoms with Crippen molar-refractivity contribution in [3.63, 3.8) is 0 Å². The third-order valence-electron chi connectivity index (χ3n) is 5.30. The number of nitriles is 1. The molecule has 0 radical (unpaired) electrons. The van der Waals surface area contributed by atoms with Crippen molar-refractivity contribution in [2.75, 3.05) is 37.6 Å². The lowest BCUT2D eigenvalue weighted by molar-refractivity contribution is -0.137. The first-order valence-corrected chi connectivity index (χ1v) is 10.7. The van der Waals surface area contributed by atoms with E-state index in [1.807, 2.05) is 12.1 Å². The fraction of sp³-hybridized carbons (Fsp3) is 0.318. The SMILES string of the molecule is N#Cc1ccc(-c2nsc(N3CCN(CCc4cccc(C(F)(F)F)c4)CC3)n2)cc1. The van der Waals surface area contributed by atoms with Crippen molar-refractivity contribution in [3.8, 4) is 17.5 Å². The third-order valence-corrected chi connectivity index (χ3v) is 6.08. The van der Waals surface area contributed by atoms with Gasteiger partial charge in [-0.1, -0.05) is 18.2 Å². The molecule has 9 heteroatoms. The Labute approximate surface area is 182 Å². The molecule has 1 aromatic heterocycles.